The number of benzene rings is 3. The van der Waals surface area contributed by atoms with Crippen LogP contribution in [0.2, 0.25) is 0 Å². The smallest absolute Gasteiger partial charge is 0.251 e. The molecular weight excluding hydrogens is 440 g/mol. The summed E-state index contributed by atoms with van der Waals surface area (Å²) in [6.45, 7) is 2.12. The van der Waals surface area contributed by atoms with Gasteiger partial charge in [-0.05, 0) is 23.6 Å². The molecule has 178 valence electrons. The summed E-state index contributed by atoms with van der Waals surface area (Å²) in [5.74, 6) is -0.114. The molecule has 35 heavy (non-hydrogen) atoms. The first-order valence-corrected chi connectivity index (χ1v) is 12.0. The minimum Gasteiger partial charge on any atom is -0.358 e. The molecule has 0 aliphatic carbocycles. The van der Waals surface area contributed by atoms with Gasteiger partial charge in [0.1, 0.15) is 17.9 Å². The second-order valence-corrected chi connectivity index (χ2v) is 9.21. The maximum Gasteiger partial charge on any atom is 0.251 e. The maximum absolute atomic E-state index is 12.1. The van der Waals surface area contributed by atoms with Crippen molar-refractivity contribution in [2.45, 2.75) is 43.7 Å². The molecular formula is C29H28N2O4. The van der Waals surface area contributed by atoms with Crippen molar-refractivity contribution in [3.63, 3.8) is 0 Å². The molecule has 6 heteroatoms. The van der Waals surface area contributed by atoms with Gasteiger partial charge in [0, 0.05) is 18.2 Å². The number of amides is 1. The summed E-state index contributed by atoms with van der Waals surface area (Å²) in [5.41, 5.74) is 2.96. The standard InChI is InChI=1S/C29H28N2O4/c1-20-18-31-26-17-24(35-28(31)30-27(20)32)25(34-26)19-33-29(21-11-5-2-6-12-21,22-13-7-3-8-14-22)23-15-9-4-10-16-23/h2-16,18,24-26,28H,17,19H2,1H3,(H,30,32)/t24-,25-,26-,28-/m1/s1. The van der Waals surface area contributed by atoms with Gasteiger partial charge in [-0.15, -0.1) is 0 Å². The van der Waals surface area contributed by atoms with Gasteiger partial charge in [-0.25, -0.2) is 0 Å². The molecule has 0 saturated carbocycles. The minimum absolute atomic E-state index is 0.114. The fraction of sp³-hybridized carbons (Fsp3) is 0.276. The molecule has 3 aromatic carbocycles. The Morgan fingerprint density at radius 1 is 0.886 bits per heavy atom. The molecule has 0 spiro atoms. The second-order valence-electron chi connectivity index (χ2n) is 9.21. The van der Waals surface area contributed by atoms with E-state index in [1.54, 1.807) is 6.92 Å². The highest BCUT2D eigenvalue weighted by atomic mass is 16.6. The third-order valence-electron chi connectivity index (χ3n) is 7.05. The number of carbonyl (C=O) groups is 1. The van der Waals surface area contributed by atoms with Gasteiger partial charge in [0.05, 0.1) is 12.7 Å². The number of rotatable bonds is 6. The number of hydrogen-bond acceptors (Lipinski definition) is 5. The highest BCUT2D eigenvalue weighted by Crippen LogP contribution is 2.42. The van der Waals surface area contributed by atoms with E-state index < -0.39 is 12.0 Å². The van der Waals surface area contributed by atoms with Crippen LogP contribution in [0.15, 0.2) is 103 Å². The van der Waals surface area contributed by atoms with Crippen molar-refractivity contribution >= 4 is 5.91 Å². The van der Waals surface area contributed by atoms with E-state index in [0.29, 0.717) is 12.2 Å². The van der Waals surface area contributed by atoms with Crippen molar-refractivity contribution in [1.29, 1.82) is 0 Å². The fourth-order valence-corrected chi connectivity index (χ4v) is 5.31. The van der Waals surface area contributed by atoms with E-state index >= 15 is 0 Å². The van der Waals surface area contributed by atoms with Crippen LogP contribution < -0.4 is 5.32 Å². The minimum atomic E-state index is -0.818. The number of nitrogens with zero attached hydrogens (tertiary/aromatic N) is 1. The van der Waals surface area contributed by atoms with Crippen LogP contribution in [0.3, 0.4) is 0 Å². The summed E-state index contributed by atoms with van der Waals surface area (Å²) in [5, 5.41) is 2.92. The average molecular weight is 469 g/mol. The van der Waals surface area contributed by atoms with Crippen molar-refractivity contribution in [1.82, 2.24) is 10.2 Å². The van der Waals surface area contributed by atoms with E-state index in [9.17, 15) is 4.79 Å². The Kier molecular flexibility index (Phi) is 5.65. The Balaban J connectivity index is 1.34. The van der Waals surface area contributed by atoms with Crippen LogP contribution in [0.1, 0.15) is 30.0 Å². The molecule has 0 radical (unpaired) electrons. The van der Waals surface area contributed by atoms with Gasteiger partial charge in [-0.2, -0.15) is 0 Å². The van der Waals surface area contributed by atoms with Gasteiger partial charge in [0.2, 0.25) is 6.35 Å². The highest BCUT2D eigenvalue weighted by molar-refractivity contribution is 5.93. The molecule has 0 aromatic heterocycles. The quantitative estimate of drug-likeness (QED) is 0.552. The van der Waals surface area contributed by atoms with Crippen molar-refractivity contribution in [2.24, 2.45) is 0 Å². The van der Waals surface area contributed by atoms with E-state index in [4.69, 9.17) is 14.2 Å². The lowest BCUT2D eigenvalue weighted by Crippen LogP contribution is -2.58. The lowest BCUT2D eigenvalue weighted by Gasteiger charge is -2.41. The summed E-state index contributed by atoms with van der Waals surface area (Å²) in [6, 6.07) is 30.9. The number of ether oxygens (including phenoxy) is 3. The zero-order valence-corrected chi connectivity index (χ0v) is 19.5. The topological polar surface area (TPSA) is 60.0 Å². The van der Waals surface area contributed by atoms with Crippen LogP contribution in [-0.2, 0) is 24.6 Å². The van der Waals surface area contributed by atoms with Gasteiger partial charge in [0.25, 0.3) is 5.91 Å². The Morgan fingerprint density at radius 3 is 1.97 bits per heavy atom. The van der Waals surface area contributed by atoms with Gasteiger partial charge in [-0.3, -0.25) is 4.79 Å². The van der Waals surface area contributed by atoms with Crippen LogP contribution in [0.5, 0.6) is 0 Å². The van der Waals surface area contributed by atoms with E-state index in [-0.39, 0.29) is 24.3 Å². The monoisotopic (exact) mass is 468 g/mol. The predicted molar refractivity (Wildman–Crippen MR) is 131 cm³/mol. The first-order chi connectivity index (χ1) is 17.1. The van der Waals surface area contributed by atoms with E-state index in [1.165, 1.54) is 0 Å². The molecule has 2 fully saturated rings. The molecule has 1 amide bonds. The van der Waals surface area contributed by atoms with Gasteiger partial charge in [-0.1, -0.05) is 91.0 Å². The molecule has 3 aliphatic rings. The molecule has 6 nitrogen and oxygen atoms in total. The Labute approximate surface area is 205 Å². The normalized spacial score (nSPS) is 25.6. The van der Waals surface area contributed by atoms with Crippen LogP contribution in [0.25, 0.3) is 0 Å². The molecule has 6 rings (SSSR count). The molecule has 3 heterocycles. The third-order valence-corrected chi connectivity index (χ3v) is 7.05. The molecule has 0 unspecified atom stereocenters. The predicted octanol–water partition coefficient (Wildman–Crippen LogP) is 4.13. The Morgan fingerprint density at radius 2 is 1.43 bits per heavy atom. The van der Waals surface area contributed by atoms with Crippen LogP contribution >= 0.6 is 0 Å². The van der Waals surface area contributed by atoms with E-state index in [0.717, 1.165) is 23.1 Å². The molecule has 2 saturated heterocycles. The lowest BCUT2D eigenvalue weighted by molar-refractivity contribution is -0.163. The Hall–Kier alpha value is -3.45. The summed E-state index contributed by atoms with van der Waals surface area (Å²) >= 11 is 0. The summed E-state index contributed by atoms with van der Waals surface area (Å²) in [6.07, 6.45) is 1.43. The van der Waals surface area contributed by atoms with Crippen molar-refractivity contribution in [3.05, 3.63) is 119 Å². The van der Waals surface area contributed by atoms with Crippen molar-refractivity contribution < 1.29 is 19.0 Å². The van der Waals surface area contributed by atoms with Gasteiger partial charge >= 0.3 is 0 Å². The number of carbonyl (C=O) groups excluding carboxylic acids is 1. The van der Waals surface area contributed by atoms with E-state index in [1.807, 2.05) is 65.7 Å². The fourth-order valence-electron chi connectivity index (χ4n) is 5.31. The van der Waals surface area contributed by atoms with E-state index in [2.05, 4.69) is 41.7 Å². The van der Waals surface area contributed by atoms with Crippen LogP contribution in [0, 0.1) is 0 Å². The van der Waals surface area contributed by atoms with Crippen LogP contribution in [0.4, 0.5) is 0 Å². The van der Waals surface area contributed by atoms with Gasteiger partial charge < -0.3 is 24.4 Å². The maximum atomic E-state index is 12.1. The van der Waals surface area contributed by atoms with Gasteiger partial charge in [0.15, 0.2) is 0 Å². The van der Waals surface area contributed by atoms with Crippen molar-refractivity contribution in [3.8, 4) is 0 Å². The molecule has 2 bridgehead atoms. The molecule has 3 aliphatic heterocycles. The zero-order valence-electron chi connectivity index (χ0n) is 19.5. The first kappa shape index (κ1) is 22.0. The second kappa shape index (κ2) is 8.96. The third kappa shape index (κ3) is 3.84. The number of nitrogens with one attached hydrogen (secondary N) is 1. The molecule has 1 N–H and O–H groups in total. The summed E-state index contributed by atoms with van der Waals surface area (Å²) in [7, 11) is 0. The zero-order chi connectivity index (χ0) is 23.8. The molecule has 3 aromatic rings. The number of hydrogen-bond donors (Lipinski definition) is 1. The SMILES string of the molecule is CC1=CN2[C@H]3C[C@@H](O[C@@H]2NC1=O)[C@@H](COC(c1ccccc1)(c1ccccc1)c1ccccc1)O3. The van der Waals surface area contributed by atoms with Crippen molar-refractivity contribution in [2.75, 3.05) is 6.61 Å². The summed E-state index contributed by atoms with van der Waals surface area (Å²) < 4.78 is 19.6. The number of fused-ring (bicyclic) bond motifs is 4. The van der Waals surface area contributed by atoms with Crippen LogP contribution in [-0.4, -0.2) is 42.2 Å². The average Bonchev–Trinajstić information content (AvgIpc) is 3.24. The Bertz CT molecular complexity index is 1120. The lowest BCUT2D eigenvalue weighted by atomic mass is 9.80. The largest absolute Gasteiger partial charge is 0.358 e. The molecule has 4 atom stereocenters. The highest BCUT2D eigenvalue weighted by Gasteiger charge is 2.49. The summed E-state index contributed by atoms with van der Waals surface area (Å²) in [4.78, 5) is 14.1. The first-order valence-electron chi connectivity index (χ1n) is 12.0.